The van der Waals surface area contributed by atoms with E-state index in [4.69, 9.17) is 11.0 Å². The molecule has 0 aliphatic heterocycles. The summed E-state index contributed by atoms with van der Waals surface area (Å²) in [7, 11) is 0. The van der Waals surface area contributed by atoms with Gasteiger partial charge >= 0.3 is 0 Å². The first kappa shape index (κ1) is 12.7. The van der Waals surface area contributed by atoms with Crippen LogP contribution in [0.3, 0.4) is 0 Å². The van der Waals surface area contributed by atoms with Crippen molar-refractivity contribution in [1.29, 1.82) is 5.26 Å². The van der Waals surface area contributed by atoms with Crippen molar-refractivity contribution in [2.45, 2.75) is 13.3 Å². The van der Waals surface area contributed by atoms with Gasteiger partial charge in [-0.15, -0.1) is 6.58 Å². The van der Waals surface area contributed by atoms with Crippen molar-refractivity contribution in [3.8, 4) is 6.07 Å². The molecule has 0 aromatic carbocycles. The van der Waals surface area contributed by atoms with E-state index in [-0.39, 0.29) is 0 Å². The van der Waals surface area contributed by atoms with Crippen molar-refractivity contribution in [3.05, 3.63) is 47.8 Å². The Bertz CT molecular complexity index is 507. The zero-order chi connectivity index (χ0) is 12.7. The predicted octanol–water partition coefficient (Wildman–Crippen LogP) is 2.38. The highest BCUT2D eigenvalue weighted by Crippen LogP contribution is 2.13. The van der Waals surface area contributed by atoms with Gasteiger partial charge in [-0.3, -0.25) is 0 Å². The highest BCUT2D eigenvalue weighted by molar-refractivity contribution is 5.80. The lowest BCUT2D eigenvalue weighted by Gasteiger charge is -1.98. The standard InChI is InChI=1S/C13H14N4/c1-3-4-11(6-14)8-16-13-5-10(2)12(7-15)9-17-13/h3,5-6,8-9H,1,4,14H2,2H3. The van der Waals surface area contributed by atoms with Gasteiger partial charge in [0.05, 0.1) is 5.56 Å². The van der Waals surface area contributed by atoms with Gasteiger partial charge in [-0.1, -0.05) is 6.08 Å². The van der Waals surface area contributed by atoms with Gasteiger partial charge < -0.3 is 5.73 Å². The SMILES string of the molecule is C=CCC(C=Nc1cc(C)c(C#N)cn1)=CN. The molecule has 2 N–H and O–H groups in total. The molecule has 1 aromatic heterocycles. The summed E-state index contributed by atoms with van der Waals surface area (Å²) in [6.45, 7) is 5.48. The van der Waals surface area contributed by atoms with Crippen LogP contribution in [0.25, 0.3) is 0 Å². The summed E-state index contributed by atoms with van der Waals surface area (Å²) in [4.78, 5) is 8.25. The predicted molar refractivity (Wildman–Crippen MR) is 68.9 cm³/mol. The van der Waals surface area contributed by atoms with Crippen molar-refractivity contribution in [2.75, 3.05) is 0 Å². The minimum absolute atomic E-state index is 0.560. The van der Waals surface area contributed by atoms with Crippen LogP contribution in [0.1, 0.15) is 17.5 Å². The number of nitrogens with two attached hydrogens (primary N) is 1. The molecule has 0 aliphatic carbocycles. The van der Waals surface area contributed by atoms with Gasteiger partial charge in [-0.05, 0) is 36.7 Å². The quantitative estimate of drug-likeness (QED) is 0.632. The number of pyridine rings is 1. The molecule has 0 bridgehead atoms. The molecule has 0 unspecified atom stereocenters. The number of rotatable bonds is 4. The first-order valence-electron chi connectivity index (χ1n) is 5.13. The van der Waals surface area contributed by atoms with E-state index in [1.807, 2.05) is 6.92 Å². The van der Waals surface area contributed by atoms with Gasteiger partial charge in [0.25, 0.3) is 0 Å². The third-order valence-corrected chi connectivity index (χ3v) is 2.17. The second kappa shape index (κ2) is 6.23. The number of allylic oxidation sites excluding steroid dienone is 2. The Kier molecular flexibility index (Phi) is 4.64. The van der Waals surface area contributed by atoms with Gasteiger partial charge in [-0.25, -0.2) is 9.98 Å². The van der Waals surface area contributed by atoms with E-state index in [2.05, 4.69) is 22.6 Å². The van der Waals surface area contributed by atoms with E-state index >= 15 is 0 Å². The second-order valence-electron chi connectivity index (χ2n) is 3.46. The van der Waals surface area contributed by atoms with Crippen LogP contribution in [0.15, 0.2) is 41.7 Å². The minimum Gasteiger partial charge on any atom is -0.404 e. The molecule has 0 fully saturated rings. The van der Waals surface area contributed by atoms with Crippen molar-refractivity contribution in [2.24, 2.45) is 10.7 Å². The van der Waals surface area contributed by atoms with Crippen LogP contribution in [0.4, 0.5) is 5.82 Å². The fourth-order valence-electron chi connectivity index (χ4n) is 1.21. The molecule has 0 radical (unpaired) electrons. The van der Waals surface area contributed by atoms with Crippen molar-refractivity contribution < 1.29 is 0 Å². The lowest BCUT2D eigenvalue weighted by Crippen LogP contribution is -1.90. The largest absolute Gasteiger partial charge is 0.404 e. The number of aliphatic imine (C=N–C) groups is 1. The third kappa shape index (κ3) is 3.58. The highest BCUT2D eigenvalue weighted by Gasteiger charge is 1.98. The van der Waals surface area contributed by atoms with Crippen molar-refractivity contribution >= 4 is 12.0 Å². The molecule has 4 heteroatoms. The fraction of sp³-hybridized carbons (Fsp3) is 0.154. The van der Waals surface area contributed by atoms with Crippen LogP contribution in [-0.2, 0) is 0 Å². The van der Waals surface area contributed by atoms with E-state index in [1.54, 1.807) is 18.4 Å². The lowest BCUT2D eigenvalue weighted by molar-refractivity contribution is 1.22. The van der Waals surface area contributed by atoms with Gasteiger partial charge in [-0.2, -0.15) is 5.26 Å². The minimum atomic E-state index is 0.560. The number of hydrogen-bond donors (Lipinski definition) is 1. The molecular formula is C13H14N4. The molecule has 0 saturated carbocycles. The number of nitriles is 1. The van der Waals surface area contributed by atoms with Crippen molar-refractivity contribution in [1.82, 2.24) is 4.98 Å². The number of hydrogen-bond acceptors (Lipinski definition) is 4. The average Bonchev–Trinajstić information content (AvgIpc) is 2.34. The maximum atomic E-state index is 8.77. The van der Waals surface area contributed by atoms with Crippen LogP contribution < -0.4 is 5.73 Å². The Morgan fingerprint density at radius 1 is 1.71 bits per heavy atom. The fourth-order valence-corrected chi connectivity index (χ4v) is 1.21. The Hall–Kier alpha value is -2.41. The van der Waals surface area contributed by atoms with E-state index in [0.717, 1.165) is 11.1 Å². The smallest absolute Gasteiger partial charge is 0.152 e. The average molecular weight is 226 g/mol. The van der Waals surface area contributed by atoms with Crippen LogP contribution in [0.2, 0.25) is 0 Å². The summed E-state index contributed by atoms with van der Waals surface area (Å²) >= 11 is 0. The maximum Gasteiger partial charge on any atom is 0.152 e. The summed E-state index contributed by atoms with van der Waals surface area (Å²) in [5.74, 6) is 0.560. The topological polar surface area (TPSA) is 75.1 Å². The zero-order valence-corrected chi connectivity index (χ0v) is 9.72. The van der Waals surface area contributed by atoms with Gasteiger partial charge in [0.2, 0.25) is 0 Å². The summed E-state index contributed by atoms with van der Waals surface area (Å²) in [5.41, 5.74) is 7.72. The van der Waals surface area contributed by atoms with Gasteiger partial charge in [0.15, 0.2) is 5.82 Å². The van der Waals surface area contributed by atoms with E-state index in [9.17, 15) is 0 Å². The van der Waals surface area contributed by atoms with Gasteiger partial charge in [0, 0.05) is 12.4 Å². The van der Waals surface area contributed by atoms with Crippen LogP contribution in [0, 0.1) is 18.3 Å². The molecular weight excluding hydrogens is 212 g/mol. The Morgan fingerprint density at radius 3 is 3.00 bits per heavy atom. The normalized spacial score (nSPS) is 11.4. The van der Waals surface area contributed by atoms with E-state index in [0.29, 0.717) is 17.8 Å². The van der Waals surface area contributed by atoms with Crippen LogP contribution in [0.5, 0.6) is 0 Å². The molecule has 0 amide bonds. The molecule has 0 saturated heterocycles. The molecule has 86 valence electrons. The second-order valence-corrected chi connectivity index (χ2v) is 3.46. The molecule has 0 aliphatic rings. The lowest BCUT2D eigenvalue weighted by atomic mass is 10.2. The Balaban J connectivity index is 2.89. The molecule has 0 spiro atoms. The Labute approximate surface area is 101 Å². The molecule has 0 atom stereocenters. The molecule has 1 rings (SSSR count). The van der Waals surface area contributed by atoms with Crippen LogP contribution >= 0.6 is 0 Å². The molecule has 1 heterocycles. The first-order chi connectivity index (χ1) is 8.21. The molecule has 4 nitrogen and oxygen atoms in total. The third-order valence-electron chi connectivity index (χ3n) is 2.17. The monoisotopic (exact) mass is 226 g/mol. The maximum absolute atomic E-state index is 8.77. The summed E-state index contributed by atoms with van der Waals surface area (Å²) in [6, 6.07) is 3.82. The first-order valence-corrected chi connectivity index (χ1v) is 5.13. The van der Waals surface area contributed by atoms with Crippen molar-refractivity contribution in [3.63, 3.8) is 0 Å². The molecule has 1 aromatic rings. The number of nitrogens with zero attached hydrogens (tertiary/aromatic N) is 3. The number of aromatic nitrogens is 1. The van der Waals surface area contributed by atoms with Gasteiger partial charge in [0.1, 0.15) is 6.07 Å². The van der Waals surface area contributed by atoms with Crippen LogP contribution in [-0.4, -0.2) is 11.2 Å². The van der Waals surface area contributed by atoms with E-state index in [1.165, 1.54) is 12.4 Å². The summed E-state index contributed by atoms with van der Waals surface area (Å²) < 4.78 is 0. The highest BCUT2D eigenvalue weighted by atomic mass is 14.9. The number of aryl methyl sites for hydroxylation is 1. The summed E-state index contributed by atoms with van der Waals surface area (Å²) in [6.07, 6.45) is 7.07. The molecule has 17 heavy (non-hydrogen) atoms. The van der Waals surface area contributed by atoms with E-state index < -0.39 is 0 Å². The zero-order valence-electron chi connectivity index (χ0n) is 9.72. The Morgan fingerprint density at radius 2 is 2.47 bits per heavy atom. The summed E-state index contributed by atoms with van der Waals surface area (Å²) in [5, 5.41) is 8.77.